The third kappa shape index (κ3) is 7.27. The lowest BCUT2D eigenvalue weighted by Crippen LogP contribution is -2.56. The smallest absolute Gasteiger partial charge is 0.155 e. The van der Waals surface area contributed by atoms with Crippen molar-refractivity contribution >= 4 is 11.6 Å². The van der Waals surface area contributed by atoms with E-state index in [1.807, 2.05) is 12.2 Å². The van der Waals surface area contributed by atoms with Crippen molar-refractivity contribution in [3.8, 4) is 0 Å². The maximum Gasteiger partial charge on any atom is 0.155 e. The second-order valence-corrected chi connectivity index (χ2v) is 20.3. The van der Waals surface area contributed by atoms with Crippen LogP contribution in [0, 0.1) is 93.7 Å². The average Bonchev–Trinajstić information content (AvgIpc) is 3.93. The van der Waals surface area contributed by atoms with Crippen molar-refractivity contribution < 1.29 is 19.1 Å². The minimum atomic E-state index is 0. The van der Waals surface area contributed by atoms with Crippen LogP contribution in [0.2, 0.25) is 0 Å². The van der Waals surface area contributed by atoms with E-state index in [2.05, 4.69) is 63.5 Å². The third-order valence-electron chi connectivity index (χ3n) is 19.0. The normalized spacial score (nSPS) is 47.3. The van der Waals surface area contributed by atoms with Gasteiger partial charge in [-0.3, -0.25) is 9.59 Å². The van der Waals surface area contributed by atoms with Crippen LogP contribution in [0.4, 0.5) is 0 Å². The Morgan fingerprint density at radius 3 is 1.26 bits per heavy atom. The highest BCUT2D eigenvalue weighted by molar-refractivity contribution is 5.91. The number of carbonyl (C=O) groups excluding carboxylic acids is 2. The van der Waals surface area contributed by atoms with E-state index in [-0.39, 0.29) is 85.5 Å². The monoisotopic (exact) mass is 861 g/mol. The van der Waals surface area contributed by atoms with E-state index in [4.69, 9.17) is 9.47 Å². The van der Waals surface area contributed by atoms with Gasteiger partial charge in [-0.15, -0.1) is 13.2 Å². The van der Waals surface area contributed by atoms with Crippen LogP contribution < -0.4 is 0 Å². The largest absolute Gasteiger partial charge is 0.366 e. The highest BCUT2D eigenvalue weighted by Gasteiger charge is 2.78. The molecular weight excluding hydrogens is 761 g/mol. The zero-order chi connectivity index (χ0) is 35.4. The molecule has 62 heavy (non-hydrogen) atoms. The van der Waals surface area contributed by atoms with E-state index in [1.54, 1.807) is 0 Å². The molecule has 356 valence electrons. The van der Waals surface area contributed by atoms with Crippen LogP contribution in [0.15, 0.2) is 72.9 Å². The maximum absolute atomic E-state index is 12.0. The Hall–Kier alpha value is -2.30. The number of hydrogen-bond donors (Lipinski definition) is 0. The molecule has 4 heteroatoms. The second kappa shape index (κ2) is 19.7. The molecule has 0 N–H and O–H groups in total. The first-order valence-electron chi connectivity index (χ1n) is 21.5. The van der Waals surface area contributed by atoms with Gasteiger partial charge in [-0.2, -0.15) is 0 Å². The summed E-state index contributed by atoms with van der Waals surface area (Å²) in [5.41, 5.74) is 3.54. The molecule has 0 saturated heterocycles. The quantitative estimate of drug-likeness (QED) is 0.260. The summed E-state index contributed by atoms with van der Waals surface area (Å²) >= 11 is 0. The molecule has 12 aliphatic rings. The summed E-state index contributed by atoms with van der Waals surface area (Å²) in [4.78, 5) is 24.0. The van der Waals surface area contributed by atoms with Crippen LogP contribution in [0.3, 0.4) is 0 Å². The van der Waals surface area contributed by atoms with Gasteiger partial charge in [0.2, 0.25) is 0 Å². The van der Waals surface area contributed by atoms with Crippen LogP contribution in [0.1, 0.15) is 165 Å². The summed E-state index contributed by atoms with van der Waals surface area (Å²) in [5, 5.41) is 0. The van der Waals surface area contributed by atoms with E-state index in [0.29, 0.717) is 46.1 Å². The Bertz CT molecular complexity index is 1620. The first-order valence-corrected chi connectivity index (χ1v) is 21.5. The minimum absolute atomic E-state index is 0. The number of fused-ring (bicyclic) bond motifs is 18. The van der Waals surface area contributed by atoms with Crippen molar-refractivity contribution in [2.75, 3.05) is 13.2 Å². The van der Waals surface area contributed by atoms with Crippen molar-refractivity contribution in [3.63, 3.8) is 0 Å². The molecule has 2 spiro atoms. The zero-order valence-electron chi connectivity index (χ0n) is 31.6. The lowest BCUT2D eigenvalue weighted by atomic mass is 9.47. The van der Waals surface area contributed by atoms with Crippen molar-refractivity contribution in [3.05, 3.63) is 72.9 Å². The molecule has 0 aromatic heterocycles. The van der Waals surface area contributed by atoms with Crippen LogP contribution in [-0.2, 0) is 19.1 Å². The van der Waals surface area contributed by atoms with Gasteiger partial charge in [0.05, 0.1) is 24.4 Å². The van der Waals surface area contributed by atoms with Gasteiger partial charge >= 0.3 is 0 Å². The van der Waals surface area contributed by atoms with Gasteiger partial charge < -0.3 is 9.47 Å². The Morgan fingerprint density at radius 1 is 0.565 bits per heavy atom. The van der Waals surface area contributed by atoms with Crippen molar-refractivity contribution in [1.82, 2.24) is 0 Å². The van der Waals surface area contributed by atoms with E-state index in [9.17, 15) is 9.59 Å². The van der Waals surface area contributed by atoms with E-state index < -0.39 is 0 Å². The number of ketones is 2. The van der Waals surface area contributed by atoms with Gasteiger partial charge in [-0.1, -0.05) is 136 Å². The fourth-order valence-corrected chi connectivity index (χ4v) is 17.1. The number of rotatable bonds is 2. The summed E-state index contributed by atoms with van der Waals surface area (Å²) in [6.07, 6.45) is 31.7. The number of hydrogen-bond acceptors (Lipinski definition) is 4. The Labute approximate surface area is 385 Å². The summed E-state index contributed by atoms with van der Waals surface area (Å²) in [7, 11) is 0. The fourth-order valence-electron chi connectivity index (χ4n) is 17.1. The molecule has 2 aliphatic heterocycles. The number of ether oxygens (including phenoxy) is 2. The first-order chi connectivity index (χ1) is 25.2. The topological polar surface area (TPSA) is 52.6 Å². The van der Waals surface area contributed by atoms with Crippen molar-refractivity contribution in [2.45, 2.75) is 176 Å². The first kappa shape index (κ1) is 57.7. The van der Waals surface area contributed by atoms with Crippen molar-refractivity contribution in [2.24, 2.45) is 93.7 Å². The second-order valence-electron chi connectivity index (χ2n) is 20.3. The molecule has 0 aromatic rings. The standard InChI is InChI=1S/2C24H30O2.10CH4/c2*1-3-14-11-15-12-16(25)5-6-17(15)18-7-9-23(2)22(21(14)18)19-13-20(19)24(23)8-4-10-26-24;;;;;;;;;;/h2*3-4,8,12,14,17-22H,1,5-7,9-11,13H2,2H3;10*1H4/t14-,17+,18-,19+,20-,21-,22+,23+,24+;14-,17-,18+,19-,20+,21+,22-,23-,24-;;;;;;;;;;/m10........../s1. The molecule has 12 rings (SSSR count). The van der Waals surface area contributed by atoms with E-state index in [0.717, 1.165) is 111 Å². The van der Waals surface area contributed by atoms with Crippen LogP contribution in [-0.4, -0.2) is 36.0 Å². The predicted molar refractivity (Wildman–Crippen MR) is 270 cm³/mol. The summed E-state index contributed by atoms with van der Waals surface area (Å²) < 4.78 is 13.0. The van der Waals surface area contributed by atoms with Gasteiger partial charge in [0.25, 0.3) is 0 Å². The molecule has 10 aliphatic carbocycles. The molecule has 0 amide bonds. The molecule has 0 unspecified atom stereocenters. The Kier molecular flexibility index (Phi) is 18.3. The van der Waals surface area contributed by atoms with Crippen LogP contribution >= 0.6 is 0 Å². The Morgan fingerprint density at radius 2 is 0.935 bits per heavy atom. The summed E-state index contributed by atoms with van der Waals surface area (Å²) in [6, 6.07) is 0. The average molecular weight is 861 g/mol. The van der Waals surface area contributed by atoms with E-state index >= 15 is 0 Å². The molecule has 8 saturated carbocycles. The van der Waals surface area contributed by atoms with Gasteiger partial charge in [0.15, 0.2) is 11.6 Å². The SMILES string of the molecule is C.C.C.C.C.C.C.C.C.C.C=C[C@@H]1CC2=CC(=O)CC[C@@H]2[C@H]2CC[C@@]3(C)[C@@H]([C@H]4C[C@H]4[C@@]34C=CCO4)[C@@H]21.C=C[C@H]1CC2=CC(=O)CC[C@@H]2[C@H]2CC[C@@]3(C)[C@@H]([C@H]4C[C@H]4[C@@]34C=CCO4)[C@@H]21. The maximum atomic E-state index is 12.0. The van der Waals surface area contributed by atoms with Gasteiger partial charge in [-0.05, 0) is 159 Å². The van der Waals surface area contributed by atoms with Gasteiger partial charge in [-0.25, -0.2) is 0 Å². The number of carbonyl (C=O) groups is 2. The molecule has 0 bridgehead atoms. The minimum Gasteiger partial charge on any atom is -0.366 e. The predicted octanol–water partition coefficient (Wildman–Crippen LogP) is 15.8. The van der Waals surface area contributed by atoms with Crippen molar-refractivity contribution in [1.29, 1.82) is 0 Å². The van der Waals surface area contributed by atoms with E-state index in [1.165, 1.54) is 49.7 Å². The van der Waals surface area contributed by atoms with Crippen LogP contribution in [0.25, 0.3) is 0 Å². The molecular formula is C58H100O4. The highest BCUT2D eigenvalue weighted by Crippen LogP contribution is 2.79. The lowest BCUT2D eigenvalue weighted by molar-refractivity contribution is -0.138. The molecule has 0 radical (unpaired) electrons. The molecule has 8 fully saturated rings. The fraction of sp³-hybridized carbons (Fsp3) is 0.759. The van der Waals surface area contributed by atoms with Crippen LogP contribution in [0.5, 0.6) is 0 Å². The zero-order valence-corrected chi connectivity index (χ0v) is 31.6. The lowest BCUT2D eigenvalue weighted by Gasteiger charge is -2.59. The van der Waals surface area contributed by atoms with Gasteiger partial charge in [0.1, 0.15) is 0 Å². The van der Waals surface area contributed by atoms with Gasteiger partial charge in [0, 0.05) is 23.7 Å². The Balaban J connectivity index is 0.000000534. The highest BCUT2D eigenvalue weighted by atomic mass is 16.5. The summed E-state index contributed by atoms with van der Waals surface area (Å²) in [6.45, 7) is 15.2. The summed E-state index contributed by atoms with van der Waals surface area (Å²) in [5.74, 6) is 10.9. The molecule has 4 nitrogen and oxygen atoms in total. The third-order valence-corrected chi connectivity index (χ3v) is 19.0. The molecule has 0 aromatic carbocycles. The number of allylic oxidation sites excluding steroid dienone is 4. The molecule has 18 atom stereocenters. The molecule has 2 heterocycles.